The monoisotopic (exact) mass is 203 g/mol. The summed E-state index contributed by atoms with van der Waals surface area (Å²) in [6.07, 6.45) is -2.84. The van der Waals surface area contributed by atoms with E-state index in [2.05, 4.69) is 4.74 Å². The Balaban J connectivity index is 2.73. The molecule has 80 valence electrons. The summed E-state index contributed by atoms with van der Waals surface area (Å²) in [6.45, 7) is 3.13. The Labute approximate surface area is 81.0 Å². The third kappa shape index (κ3) is 1.95. The van der Waals surface area contributed by atoms with Gasteiger partial charge in [0.15, 0.2) is 6.10 Å². The molecule has 0 aliphatic carbocycles. The number of carboxylic acid groups (broad SMARTS) is 1. The molecule has 1 fully saturated rings. The van der Waals surface area contributed by atoms with Crippen LogP contribution in [0.4, 0.5) is 4.79 Å². The van der Waals surface area contributed by atoms with Gasteiger partial charge >= 0.3 is 12.1 Å². The molecule has 0 bridgehead atoms. The third-order valence-electron chi connectivity index (χ3n) is 2.33. The smallest absolute Gasteiger partial charge is 0.458 e. The second kappa shape index (κ2) is 3.83. The van der Waals surface area contributed by atoms with Crippen LogP contribution in [0, 0.1) is 5.92 Å². The van der Waals surface area contributed by atoms with E-state index >= 15 is 0 Å². The summed E-state index contributed by atoms with van der Waals surface area (Å²) < 4.78 is 9.42. The van der Waals surface area contributed by atoms with Crippen LogP contribution in [0.1, 0.15) is 13.8 Å². The second-order valence-electron chi connectivity index (χ2n) is 3.36. The van der Waals surface area contributed by atoms with E-state index in [0.29, 0.717) is 0 Å². The Morgan fingerprint density at radius 1 is 1.57 bits per heavy atom. The molecule has 14 heavy (non-hydrogen) atoms. The zero-order chi connectivity index (χ0) is 10.9. The van der Waals surface area contributed by atoms with Crippen LogP contribution in [-0.4, -0.2) is 35.5 Å². The molecule has 1 heterocycles. The summed E-state index contributed by atoms with van der Waals surface area (Å²) in [5.74, 6) is -0.967. The molecule has 0 spiro atoms. The number of ether oxygens (including phenoxy) is 2. The highest BCUT2D eigenvalue weighted by Gasteiger charge is 2.42. The molecule has 1 rings (SSSR count). The van der Waals surface area contributed by atoms with Crippen LogP contribution in [0.15, 0.2) is 0 Å². The molecule has 0 saturated carbocycles. The van der Waals surface area contributed by atoms with Crippen molar-refractivity contribution >= 4 is 12.1 Å². The first kappa shape index (κ1) is 10.8. The van der Waals surface area contributed by atoms with Crippen LogP contribution in [0.3, 0.4) is 0 Å². The number of cyclic esters (lactones) is 1. The molecular weight excluding hydrogens is 190 g/mol. The van der Waals surface area contributed by atoms with Crippen LogP contribution < -0.4 is 5.73 Å². The first-order valence-corrected chi connectivity index (χ1v) is 4.29. The van der Waals surface area contributed by atoms with E-state index in [9.17, 15) is 9.59 Å². The highest BCUT2D eigenvalue weighted by Crippen LogP contribution is 2.22. The summed E-state index contributed by atoms with van der Waals surface area (Å²) in [4.78, 5) is 21.5. The largest absolute Gasteiger partial charge is 0.506 e. The van der Waals surface area contributed by atoms with Crippen molar-refractivity contribution in [2.45, 2.75) is 32.1 Å². The predicted octanol–water partition coefficient (Wildman–Crippen LogP) is -0.0417. The molecule has 6 nitrogen and oxygen atoms in total. The van der Waals surface area contributed by atoms with Crippen LogP contribution in [0.2, 0.25) is 0 Å². The first-order chi connectivity index (χ1) is 6.43. The van der Waals surface area contributed by atoms with Crippen molar-refractivity contribution < 1.29 is 24.2 Å². The van der Waals surface area contributed by atoms with E-state index in [1.165, 1.54) is 0 Å². The maximum atomic E-state index is 11.1. The number of hydrogen-bond donors (Lipinski definition) is 2. The molecule has 1 aliphatic heterocycles. The Morgan fingerprint density at radius 2 is 2.14 bits per heavy atom. The summed E-state index contributed by atoms with van der Waals surface area (Å²) >= 11 is 0. The lowest BCUT2D eigenvalue weighted by Crippen LogP contribution is -2.56. The van der Waals surface area contributed by atoms with Crippen molar-refractivity contribution in [1.82, 2.24) is 0 Å². The van der Waals surface area contributed by atoms with Gasteiger partial charge in [0.2, 0.25) is 0 Å². The number of nitrogens with two attached hydrogens (primary N) is 1. The van der Waals surface area contributed by atoms with Crippen molar-refractivity contribution in [3.63, 3.8) is 0 Å². The molecule has 0 aromatic rings. The molecule has 0 aromatic heterocycles. The van der Waals surface area contributed by atoms with Gasteiger partial charge in [0.1, 0.15) is 6.10 Å². The summed E-state index contributed by atoms with van der Waals surface area (Å²) in [7, 11) is 0. The molecule has 6 heteroatoms. The average Bonchev–Trinajstić information content (AvgIpc) is 2.09. The van der Waals surface area contributed by atoms with Gasteiger partial charge in [-0.1, -0.05) is 6.92 Å². The Kier molecular flexibility index (Phi) is 2.95. The van der Waals surface area contributed by atoms with Crippen molar-refractivity contribution in [2.75, 3.05) is 0 Å². The number of hydrogen-bond acceptors (Lipinski definition) is 5. The summed E-state index contributed by atoms with van der Waals surface area (Å²) in [5, 5.41) is 8.44. The fourth-order valence-electron chi connectivity index (χ4n) is 1.40. The standard InChI is InChI=1S/C8H13NO5/c1-3-5(9)6(14-8(11)12)4(2)13-7(3)10/h3-6H,9H2,1-2H3,(H,11,12)/t3-,4-,5-,6-/m1/s1. The van der Waals surface area contributed by atoms with Gasteiger partial charge < -0.3 is 20.3 Å². The minimum atomic E-state index is -1.41. The Morgan fingerprint density at radius 3 is 2.64 bits per heavy atom. The van der Waals surface area contributed by atoms with Crippen LogP contribution >= 0.6 is 0 Å². The minimum Gasteiger partial charge on any atom is -0.458 e. The van der Waals surface area contributed by atoms with E-state index in [1.807, 2.05) is 0 Å². The molecule has 1 saturated heterocycles. The maximum Gasteiger partial charge on any atom is 0.506 e. The zero-order valence-electron chi connectivity index (χ0n) is 7.97. The van der Waals surface area contributed by atoms with Crippen molar-refractivity contribution in [3.8, 4) is 0 Å². The van der Waals surface area contributed by atoms with E-state index in [-0.39, 0.29) is 0 Å². The van der Waals surface area contributed by atoms with E-state index < -0.39 is 36.3 Å². The van der Waals surface area contributed by atoms with Crippen LogP contribution in [-0.2, 0) is 14.3 Å². The minimum absolute atomic E-state index is 0.421. The molecule has 4 atom stereocenters. The topological polar surface area (TPSA) is 98.9 Å². The molecule has 1 aliphatic rings. The fraction of sp³-hybridized carbons (Fsp3) is 0.750. The van der Waals surface area contributed by atoms with Crippen molar-refractivity contribution in [2.24, 2.45) is 11.7 Å². The second-order valence-corrected chi connectivity index (χ2v) is 3.36. The Hall–Kier alpha value is -1.30. The fourth-order valence-corrected chi connectivity index (χ4v) is 1.40. The lowest BCUT2D eigenvalue weighted by Gasteiger charge is -2.35. The van der Waals surface area contributed by atoms with Gasteiger partial charge in [-0.05, 0) is 6.92 Å². The predicted molar refractivity (Wildman–Crippen MR) is 45.6 cm³/mol. The van der Waals surface area contributed by atoms with Gasteiger partial charge in [0, 0.05) is 0 Å². The summed E-state index contributed by atoms with van der Waals surface area (Å²) in [5.41, 5.74) is 5.66. The average molecular weight is 203 g/mol. The van der Waals surface area contributed by atoms with Crippen molar-refractivity contribution in [3.05, 3.63) is 0 Å². The highest BCUT2D eigenvalue weighted by atomic mass is 16.7. The van der Waals surface area contributed by atoms with Crippen molar-refractivity contribution in [1.29, 1.82) is 0 Å². The number of carbonyl (C=O) groups is 2. The van der Waals surface area contributed by atoms with Gasteiger partial charge in [-0.3, -0.25) is 4.79 Å². The van der Waals surface area contributed by atoms with Gasteiger partial charge in [-0.15, -0.1) is 0 Å². The third-order valence-corrected chi connectivity index (χ3v) is 2.33. The maximum absolute atomic E-state index is 11.1. The van der Waals surface area contributed by atoms with E-state index in [4.69, 9.17) is 15.6 Å². The lowest BCUT2D eigenvalue weighted by molar-refractivity contribution is -0.172. The van der Waals surface area contributed by atoms with Crippen LogP contribution in [0.5, 0.6) is 0 Å². The SMILES string of the molecule is C[C@H]1OC(=O)[C@H](C)[C@@H](N)[C@@H]1OC(=O)O. The quantitative estimate of drug-likeness (QED) is 0.580. The highest BCUT2D eigenvalue weighted by molar-refractivity contribution is 5.74. The molecular formula is C8H13NO5. The first-order valence-electron chi connectivity index (χ1n) is 4.29. The molecule has 0 amide bonds. The number of rotatable bonds is 1. The zero-order valence-corrected chi connectivity index (χ0v) is 7.97. The number of carbonyl (C=O) groups excluding carboxylic acids is 1. The van der Waals surface area contributed by atoms with Crippen LogP contribution in [0.25, 0.3) is 0 Å². The van der Waals surface area contributed by atoms with Gasteiger partial charge in [-0.2, -0.15) is 0 Å². The lowest BCUT2D eigenvalue weighted by atomic mass is 9.92. The number of esters is 1. The molecule has 0 unspecified atom stereocenters. The van der Waals surface area contributed by atoms with E-state index in [1.54, 1.807) is 13.8 Å². The molecule has 0 radical (unpaired) electrons. The summed E-state index contributed by atoms with van der Waals surface area (Å²) in [6, 6.07) is -0.651. The van der Waals surface area contributed by atoms with Gasteiger partial charge in [0.05, 0.1) is 12.0 Å². The normalized spacial score (nSPS) is 37.5. The Bertz CT molecular complexity index is 254. The van der Waals surface area contributed by atoms with Gasteiger partial charge in [0.25, 0.3) is 0 Å². The molecule has 3 N–H and O–H groups in total. The molecule has 0 aromatic carbocycles. The van der Waals surface area contributed by atoms with Gasteiger partial charge in [-0.25, -0.2) is 4.79 Å². The van der Waals surface area contributed by atoms with E-state index in [0.717, 1.165) is 0 Å².